The van der Waals surface area contributed by atoms with Crippen molar-refractivity contribution in [3.05, 3.63) is 41.0 Å². The van der Waals surface area contributed by atoms with Gasteiger partial charge in [0.1, 0.15) is 0 Å². The standard InChI is InChI=1S/C24H35N3O/c28-24(26-23-12-11-20-9-6-10-21(20)17-23)25-22-13-15-27(16-14-22)18-19-7-4-2-1-3-5-8-19/h7,11-12,17,22H,1-6,8-10,13-16,18H2,(H2,25,26,28)/b19-7+. The molecule has 4 rings (SSSR count). The maximum absolute atomic E-state index is 12.4. The van der Waals surface area contributed by atoms with Crippen LogP contribution in [0.5, 0.6) is 0 Å². The molecular formula is C24H35N3O. The number of hydrogen-bond acceptors (Lipinski definition) is 2. The van der Waals surface area contributed by atoms with Crippen LogP contribution in [0.2, 0.25) is 0 Å². The second kappa shape index (κ2) is 9.60. The van der Waals surface area contributed by atoms with Crippen LogP contribution in [-0.4, -0.2) is 36.6 Å². The molecule has 0 unspecified atom stereocenters. The number of allylic oxidation sites excluding steroid dienone is 1. The zero-order chi connectivity index (χ0) is 19.2. The average molecular weight is 382 g/mol. The van der Waals surface area contributed by atoms with Crippen LogP contribution >= 0.6 is 0 Å². The van der Waals surface area contributed by atoms with E-state index in [9.17, 15) is 4.79 Å². The van der Waals surface area contributed by atoms with Gasteiger partial charge in [0, 0.05) is 31.4 Å². The zero-order valence-corrected chi connectivity index (χ0v) is 17.1. The molecule has 2 N–H and O–H groups in total. The maximum Gasteiger partial charge on any atom is 0.319 e. The van der Waals surface area contributed by atoms with Crippen LogP contribution in [0, 0.1) is 0 Å². The lowest BCUT2D eigenvalue weighted by atomic mass is 9.98. The molecule has 0 bridgehead atoms. The Morgan fingerprint density at radius 1 is 0.964 bits per heavy atom. The van der Waals surface area contributed by atoms with Crippen molar-refractivity contribution in [2.75, 3.05) is 25.0 Å². The Kier molecular flexibility index (Phi) is 6.69. The summed E-state index contributed by atoms with van der Waals surface area (Å²) < 4.78 is 0. The Hall–Kier alpha value is -1.81. The van der Waals surface area contributed by atoms with E-state index in [1.54, 1.807) is 5.57 Å². The number of rotatable bonds is 4. The van der Waals surface area contributed by atoms with Crippen molar-refractivity contribution in [1.82, 2.24) is 10.2 Å². The van der Waals surface area contributed by atoms with Gasteiger partial charge in [0.25, 0.3) is 0 Å². The summed E-state index contributed by atoms with van der Waals surface area (Å²) in [5, 5.41) is 6.22. The monoisotopic (exact) mass is 381 g/mol. The summed E-state index contributed by atoms with van der Waals surface area (Å²) in [7, 11) is 0. The van der Waals surface area contributed by atoms with Crippen molar-refractivity contribution >= 4 is 11.7 Å². The molecule has 0 radical (unpaired) electrons. The first-order chi connectivity index (χ1) is 13.8. The molecule has 152 valence electrons. The Morgan fingerprint density at radius 2 is 1.79 bits per heavy atom. The minimum atomic E-state index is -0.0564. The van der Waals surface area contributed by atoms with Gasteiger partial charge in [-0.25, -0.2) is 4.79 Å². The molecule has 1 aliphatic heterocycles. The number of carbonyl (C=O) groups excluding carboxylic acids is 1. The number of nitrogens with zero attached hydrogens (tertiary/aromatic N) is 1. The van der Waals surface area contributed by atoms with E-state index in [-0.39, 0.29) is 12.1 Å². The van der Waals surface area contributed by atoms with E-state index in [2.05, 4.69) is 33.7 Å². The number of nitrogens with one attached hydrogen (secondary N) is 2. The van der Waals surface area contributed by atoms with E-state index in [1.807, 2.05) is 6.07 Å². The molecule has 1 aromatic carbocycles. The molecule has 1 aromatic rings. The first kappa shape index (κ1) is 19.5. The number of likely N-dealkylation sites (tertiary alicyclic amines) is 1. The van der Waals surface area contributed by atoms with E-state index in [0.717, 1.165) is 44.6 Å². The van der Waals surface area contributed by atoms with Gasteiger partial charge in [0.05, 0.1) is 0 Å². The molecule has 0 atom stereocenters. The molecule has 3 aliphatic rings. The van der Waals surface area contributed by atoms with Crippen molar-refractivity contribution in [2.45, 2.75) is 76.7 Å². The van der Waals surface area contributed by atoms with Gasteiger partial charge in [-0.3, -0.25) is 4.90 Å². The predicted octanol–water partition coefficient (Wildman–Crippen LogP) is 5.04. The molecule has 1 fully saturated rings. The van der Waals surface area contributed by atoms with Gasteiger partial charge >= 0.3 is 6.03 Å². The Labute approximate surface area is 169 Å². The highest BCUT2D eigenvalue weighted by molar-refractivity contribution is 5.89. The second-order valence-corrected chi connectivity index (χ2v) is 8.80. The Bertz CT molecular complexity index is 704. The van der Waals surface area contributed by atoms with Gasteiger partial charge in [-0.15, -0.1) is 0 Å². The Balaban J connectivity index is 1.20. The van der Waals surface area contributed by atoms with Gasteiger partial charge in [0.2, 0.25) is 0 Å². The van der Waals surface area contributed by atoms with E-state index in [1.165, 1.54) is 62.5 Å². The molecule has 4 nitrogen and oxygen atoms in total. The molecule has 4 heteroatoms. The third-order valence-corrected chi connectivity index (χ3v) is 6.59. The summed E-state index contributed by atoms with van der Waals surface area (Å²) in [5.74, 6) is 0. The van der Waals surface area contributed by atoms with Gasteiger partial charge in [-0.2, -0.15) is 0 Å². The lowest BCUT2D eigenvalue weighted by molar-refractivity contribution is 0.205. The van der Waals surface area contributed by atoms with Crippen molar-refractivity contribution in [2.24, 2.45) is 0 Å². The number of benzene rings is 1. The summed E-state index contributed by atoms with van der Waals surface area (Å²) in [6.45, 7) is 3.30. The van der Waals surface area contributed by atoms with Crippen LogP contribution in [0.3, 0.4) is 0 Å². The van der Waals surface area contributed by atoms with Crippen LogP contribution in [0.4, 0.5) is 10.5 Å². The summed E-state index contributed by atoms with van der Waals surface area (Å²) in [6.07, 6.45) is 16.2. The molecule has 2 aliphatic carbocycles. The third-order valence-electron chi connectivity index (χ3n) is 6.59. The largest absolute Gasteiger partial charge is 0.335 e. The first-order valence-corrected chi connectivity index (χ1v) is 11.4. The van der Waals surface area contributed by atoms with Gasteiger partial charge in [-0.1, -0.05) is 30.6 Å². The molecular weight excluding hydrogens is 346 g/mol. The summed E-state index contributed by atoms with van der Waals surface area (Å²) in [4.78, 5) is 15.0. The van der Waals surface area contributed by atoms with E-state index in [0.29, 0.717) is 0 Å². The quantitative estimate of drug-likeness (QED) is 0.718. The fourth-order valence-electron chi connectivity index (χ4n) is 4.93. The number of carbonyl (C=O) groups is 1. The van der Waals surface area contributed by atoms with Crippen LogP contribution in [-0.2, 0) is 12.8 Å². The summed E-state index contributed by atoms with van der Waals surface area (Å²) in [6, 6.07) is 6.58. The summed E-state index contributed by atoms with van der Waals surface area (Å²) in [5.41, 5.74) is 5.40. The average Bonchev–Trinajstić information content (AvgIpc) is 3.13. The lowest BCUT2D eigenvalue weighted by Crippen LogP contribution is -2.46. The topological polar surface area (TPSA) is 44.4 Å². The minimum Gasteiger partial charge on any atom is -0.335 e. The van der Waals surface area contributed by atoms with E-state index < -0.39 is 0 Å². The number of urea groups is 1. The molecule has 28 heavy (non-hydrogen) atoms. The number of piperidine rings is 1. The summed E-state index contributed by atoms with van der Waals surface area (Å²) >= 11 is 0. The first-order valence-electron chi connectivity index (χ1n) is 11.4. The molecule has 0 aromatic heterocycles. The third kappa shape index (κ3) is 5.38. The van der Waals surface area contributed by atoms with Crippen molar-refractivity contribution in [3.63, 3.8) is 0 Å². The number of fused-ring (bicyclic) bond motifs is 1. The molecule has 2 amide bonds. The lowest BCUT2D eigenvalue weighted by Gasteiger charge is -2.33. The number of anilines is 1. The molecule has 1 heterocycles. The SMILES string of the molecule is O=C(Nc1ccc2c(c1)CCC2)NC1CCN(C/C2=C/CCCCCC2)CC1. The fraction of sp³-hybridized carbons (Fsp3) is 0.625. The highest BCUT2D eigenvalue weighted by Crippen LogP contribution is 2.25. The maximum atomic E-state index is 12.4. The van der Waals surface area contributed by atoms with Gasteiger partial charge in [0.15, 0.2) is 0 Å². The Morgan fingerprint density at radius 3 is 2.68 bits per heavy atom. The van der Waals surface area contributed by atoms with E-state index >= 15 is 0 Å². The van der Waals surface area contributed by atoms with Crippen molar-refractivity contribution in [1.29, 1.82) is 0 Å². The van der Waals surface area contributed by atoms with Crippen molar-refractivity contribution in [3.8, 4) is 0 Å². The smallest absolute Gasteiger partial charge is 0.319 e. The van der Waals surface area contributed by atoms with Crippen LogP contribution in [0.25, 0.3) is 0 Å². The number of aryl methyl sites for hydroxylation is 2. The van der Waals surface area contributed by atoms with Gasteiger partial charge in [-0.05, 0) is 81.0 Å². The normalized spacial score (nSPS) is 23.2. The highest BCUT2D eigenvalue weighted by atomic mass is 16.2. The molecule has 0 saturated carbocycles. The van der Waals surface area contributed by atoms with Crippen LogP contribution in [0.15, 0.2) is 29.8 Å². The fourth-order valence-corrected chi connectivity index (χ4v) is 4.93. The van der Waals surface area contributed by atoms with Crippen LogP contribution in [0.1, 0.15) is 68.9 Å². The van der Waals surface area contributed by atoms with Gasteiger partial charge < -0.3 is 10.6 Å². The molecule has 1 saturated heterocycles. The predicted molar refractivity (Wildman–Crippen MR) is 116 cm³/mol. The van der Waals surface area contributed by atoms with Crippen molar-refractivity contribution < 1.29 is 4.79 Å². The zero-order valence-electron chi connectivity index (χ0n) is 17.1. The second-order valence-electron chi connectivity index (χ2n) is 8.80. The van der Waals surface area contributed by atoms with Crippen LogP contribution < -0.4 is 10.6 Å². The van der Waals surface area contributed by atoms with E-state index in [4.69, 9.17) is 0 Å². The highest BCUT2D eigenvalue weighted by Gasteiger charge is 2.21. The number of amides is 2. The minimum absolute atomic E-state index is 0.0564. The molecule has 0 spiro atoms. The number of hydrogen-bond donors (Lipinski definition) is 2.